The van der Waals surface area contributed by atoms with Crippen LogP contribution in [0, 0.1) is 6.92 Å². The van der Waals surface area contributed by atoms with E-state index in [9.17, 15) is 9.59 Å². The molecule has 5 nitrogen and oxygen atoms in total. The van der Waals surface area contributed by atoms with Crippen molar-refractivity contribution >= 4 is 29.1 Å². The van der Waals surface area contributed by atoms with Crippen LogP contribution in [0.4, 0.5) is 5.69 Å². The van der Waals surface area contributed by atoms with Gasteiger partial charge in [0.15, 0.2) is 0 Å². The minimum Gasteiger partial charge on any atom is -0.495 e. The van der Waals surface area contributed by atoms with Crippen molar-refractivity contribution in [2.45, 2.75) is 13.3 Å². The Balaban J connectivity index is 1.88. The van der Waals surface area contributed by atoms with Gasteiger partial charge in [-0.15, -0.1) is 0 Å². The summed E-state index contributed by atoms with van der Waals surface area (Å²) in [6.07, 6.45) is 0.156. The van der Waals surface area contributed by atoms with Gasteiger partial charge in [0, 0.05) is 29.6 Å². The molecule has 0 fully saturated rings. The zero-order chi connectivity index (χ0) is 17.5. The molecule has 0 aromatic heterocycles. The molecular formula is C18H19ClN2O3. The van der Waals surface area contributed by atoms with E-state index in [1.165, 1.54) is 7.11 Å². The number of nitrogens with one attached hydrogen (secondary N) is 2. The van der Waals surface area contributed by atoms with Crippen molar-refractivity contribution in [3.8, 4) is 5.75 Å². The average Bonchev–Trinajstić information content (AvgIpc) is 2.58. The molecule has 24 heavy (non-hydrogen) atoms. The number of benzene rings is 2. The van der Waals surface area contributed by atoms with E-state index in [4.69, 9.17) is 16.3 Å². The Morgan fingerprint density at radius 3 is 2.54 bits per heavy atom. The van der Waals surface area contributed by atoms with Gasteiger partial charge in [-0.25, -0.2) is 0 Å². The lowest BCUT2D eigenvalue weighted by molar-refractivity contribution is -0.116. The number of carbonyl (C=O) groups excluding carboxylic acids is 2. The number of hydrogen-bond donors (Lipinski definition) is 2. The van der Waals surface area contributed by atoms with Gasteiger partial charge < -0.3 is 15.4 Å². The maximum Gasteiger partial charge on any atom is 0.251 e. The number of aryl methyl sites for hydroxylation is 1. The summed E-state index contributed by atoms with van der Waals surface area (Å²) in [6, 6.07) is 12.3. The number of ether oxygens (including phenoxy) is 1. The van der Waals surface area contributed by atoms with E-state index in [-0.39, 0.29) is 24.8 Å². The van der Waals surface area contributed by atoms with Crippen molar-refractivity contribution in [2.75, 3.05) is 19.0 Å². The summed E-state index contributed by atoms with van der Waals surface area (Å²) in [5.74, 6) is 0.0685. The van der Waals surface area contributed by atoms with Crippen LogP contribution < -0.4 is 15.4 Å². The Labute approximate surface area is 146 Å². The predicted molar refractivity (Wildman–Crippen MR) is 94.8 cm³/mol. The number of anilines is 1. The standard InChI is InChI=1S/C18H19ClN2O3/c1-12-10-15(16(24-2)11-14(12)19)21-17(22)8-9-20-18(23)13-6-4-3-5-7-13/h3-7,10-11H,8-9H2,1-2H3,(H,20,23)(H,21,22). The van der Waals surface area contributed by atoms with Gasteiger partial charge in [0.25, 0.3) is 5.91 Å². The van der Waals surface area contributed by atoms with E-state index >= 15 is 0 Å². The molecule has 2 amide bonds. The molecule has 2 aromatic rings. The Kier molecular flexibility index (Phi) is 6.21. The van der Waals surface area contributed by atoms with Crippen molar-refractivity contribution in [2.24, 2.45) is 0 Å². The van der Waals surface area contributed by atoms with Crippen LogP contribution in [0.5, 0.6) is 5.75 Å². The topological polar surface area (TPSA) is 67.4 Å². The van der Waals surface area contributed by atoms with Crippen molar-refractivity contribution in [1.82, 2.24) is 5.32 Å². The van der Waals surface area contributed by atoms with Gasteiger partial charge in [-0.3, -0.25) is 9.59 Å². The smallest absolute Gasteiger partial charge is 0.251 e. The summed E-state index contributed by atoms with van der Waals surface area (Å²) in [5.41, 5.74) is 1.96. The lowest BCUT2D eigenvalue weighted by Gasteiger charge is -2.12. The highest BCUT2D eigenvalue weighted by Gasteiger charge is 2.11. The van der Waals surface area contributed by atoms with Crippen LogP contribution in [-0.2, 0) is 4.79 Å². The number of hydrogen-bond acceptors (Lipinski definition) is 3. The predicted octanol–water partition coefficient (Wildman–Crippen LogP) is 3.42. The summed E-state index contributed by atoms with van der Waals surface area (Å²) in [5, 5.41) is 6.05. The van der Waals surface area contributed by atoms with Crippen LogP contribution in [0.15, 0.2) is 42.5 Å². The zero-order valence-electron chi connectivity index (χ0n) is 13.6. The lowest BCUT2D eigenvalue weighted by Crippen LogP contribution is -2.27. The number of carbonyl (C=O) groups is 2. The second kappa shape index (κ2) is 8.36. The Morgan fingerprint density at radius 2 is 1.88 bits per heavy atom. The molecule has 2 N–H and O–H groups in total. The van der Waals surface area contributed by atoms with Crippen LogP contribution in [0.3, 0.4) is 0 Å². The Bertz CT molecular complexity index is 733. The van der Waals surface area contributed by atoms with Gasteiger partial charge in [-0.05, 0) is 30.7 Å². The van der Waals surface area contributed by atoms with E-state index in [1.807, 2.05) is 13.0 Å². The van der Waals surface area contributed by atoms with Gasteiger partial charge >= 0.3 is 0 Å². The second-order valence-electron chi connectivity index (χ2n) is 5.22. The van der Waals surface area contributed by atoms with Gasteiger partial charge in [0.05, 0.1) is 12.8 Å². The molecule has 0 aliphatic rings. The maximum absolute atomic E-state index is 12.0. The fourth-order valence-electron chi connectivity index (χ4n) is 2.12. The molecule has 0 heterocycles. The van der Waals surface area contributed by atoms with Crippen LogP contribution >= 0.6 is 11.6 Å². The lowest BCUT2D eigenvalue weighted by atomic mass is 10.2. The molecule has 0 spiro atoms. The molecule has 0 radical (unpaired) electrons. The van der Waals surface area contributed by atoms with Crippen LogP contribution in [0.1, 0.15) is 22.3 Å². The minimum absolute atomic E-state index is 0.156. The number of amides is 2. The normalized spacial score (nSPS) is 10.1. The average molecular weight is 347 g/mol. The highest BCUT2D eigenvalue weighted by Crippen LogP contribution is 2.30. The Morgan fingerprint density at radius 1 is 1.17 bits per heavy atom. The van der Waals surface area contributed by atoms with E-state index in [2.05, 4.69) is 10.6 Å². The first kappa shape index (κ1) is 17.8. The van der Waals surface area contributed by atoms with Crippen LogP contribution in [0.25, 0.3) is 0 Å². The monoisotopic (exact) mass is 346 g/mol. The van der Waals surface area contributed by atoms with Crippen LogP contribution in [-0.4, -0.2) is 25.5 Å². The molecule has 0 unspecified atom stereocenters. The molecule has 126 valence electrons. The van der Waals surface area contributed by atoms with Crippen molar-refractivity contribution < 1.29 is 14.3 Å². The molecule has 0 atom stereocenters. The van der Waals surface area contributed by atoms with E-state index in [0.29, 0.717) is 22.0 Å². The minimum atomic E-state index is -0.219. The molecule has 0 saturated heterocycles. The Hall–Kier alpha value is -2.53. The van der Waals surface area contributed by atoms with Crippen molar-refractivity contribution in [3.63, 3.8) is 0 Å². The van der Waals surface area contributed by atoms with Gasteiger partial charge in [0.2, 0.25) is 5.91 Å². The van der Waals surface area contributed by atoms with Crippen molar-refractivity contribution in [1.29, 1.82) is 0 Å². The summed E-state index contributed by atoms with van der Waals surface area (Å²) in [4.78, 5) is 23.9. The second-order valence-corrected chi connectivity index (χ2v) is 5.63. The molecule has 0 aliphatic carbocycles. The van der Waals surface area contributed by atoms with Gasteiger partial charge in [0.1, 0.15) is 5.75 Å². The molecule has 0 bridgehead atoms. The first-order chi connectivity index (χ1) is 11.5. The molecular weight excluding hydrogens is 328 g/mol. The third-order valence-corrected chi connectivity index (χ3v) is 3.84. The fourth-order valence-corrected chi connectivity index (χ4v) is 2.28. The maximum atomic E-state index is 12.0. The fraction of sp³-hybridized carbons (Fsp3) is 0.222. The third kappa shape index (κ3) is 4.73. The van der Waals surface area contributed by atoms with Crippen molar-refractivity contribution in [3.05, 3.63) is 58.6 Å². The highest BCUT2D eigenvalue weighted by atomic mass is 35.5. The van der Waals surface area contributed by atoms with Gasteiger partial charge in [-0.1, -0.05) is 29.8 Å². The van der Waals surface area contributed by atoms with E-state index < -0.39 is 0 Å². The first-order valence-corrected chi connectivity index (χ1v) is 7.86. The quantitative estimate of drug-likeness (QED) is 0.842. The zero-order valence-corrected chi connectivity index (χ0v) is 14.3. The summed E-state index contributed by atoms with van der Waals surface area (Å²) in [7, 11) is 1.51. The van der Waals surface area contributed by atoms with Gasteiger partial charge in [-0.2, -0.15) is 0 Å². The van der Waals surface area contributed by atoms with E-state index in [1.54, 1.807) is 36.4 Å². The number of halogens is 1. The third-order valence-electron chi connectivity index (χ3n) is 3.43. The summed E-state index contributed by atoms with van der Waals surface area (Å²) in [6.45, 7) is 2.09. The highest BCUT2D eigenvalue weighted by molar-refractivity contribution is 6.31. The molecule has 0 saturated carbocycles. The molecule has 0 aliphatic heterocycles. The summed E-state index contributed by atoms with van der Waals surface area (Å²) < 4.78 is 5.21. The SMILES string of the molecule is COc1cc(Cl)c(C)cc1NC(=O)CCNC(=O)c1ccccc1. The largest absolute Gasteiger partial charge is 0.495 e. The van der Waals surface area contributed by atoms with Crippen LogP contribution in [0.2, 0.25) is 5.02 Å². The first-order valence-electron chi connectivity index (χ1n) is 7.48. The number of methoxy groups -OCH3 is 1. The van der Waals surface area contributed by atoms with E-state index in [0.717, 1.165) is 5.56 Å². The summed E-state index contributed by atoms with van der Waals surface area (Å²) >= 11 is 6.04. The number of rotatable bonds is 6. The molecule has 2 rings (SSSR count). The molecule has 6 heteroatoms. The molecule has 2 aromatic carbocycles.